The summed E-state index contributed by atoms with van der Waals surface area (Å²) in [4.78, 5) is 3.95. The molecule has 1 aliphatic heterocycles. The summed E-state index contributed by atoms with van der Waals surface area (Å²) >= 11 is 1.84. The third-order valence-electron chi connectivity index (χ3n) is 4.28. The molecule has 1 aliphatic rings. The standard InChI is InChI=1S/C16H24N4OS/c1-12-14(13(2)19-18-12)10-17-11-15(16-4-3-9-22-16)20-5-7-21-8-6-20/h3-4,9,15,17H,5-8,10-11H2,1-2H3,(H,18,19)/t15-/m0/s1. The number of rotatable bonds is 6. The van der Waals surface area contributed by atoms with Crippen molar-refractivity contribution in [3.05, 3.63) is 39.3 Å². The van der Waals surface area contributed by atoms with Gasteiger partial charge in [0.15, 0.2) is 0 Å². The predicted octanol–water partition coefficient (Wildman–Crippen LogP) is 2.25. The van der Waals surface area contributed by atoms with Gasteiger partial charge in [0.05, 0.1) is 24.9 Å². The molecule has 0 amide bonds. The smallest absolute Gasteiger partial charge is 0.0638 e. The summed E-state index contributed by atoms with van der Waals surface area (Å²) in [5.74, 6) is 0. The first-order valence-electron chi connectivity index (χ1n) is 7.82. The summed E-state index contributed by atoms with van der Waals surface area (Å²) in [6.07, 6.45) is 0. The molecule has 0 bridgehead atoms. The summed E-state index contributed by atoms with van der Waals surface area (Å²) in [7, 11) is 0. The molecule has 120 valence electrons. The minimum Gasteiger partial charge on any atom is -0.379 e. The summed E-state index contributed by atoms with van der Waals surface area (Å²) in [5, 5.41) is 13.1. The van der Waals surface area contributed by atoms with Gasteiger partial charge in [-0.15, -0.1) is 11.3 Å². The van der Waals surface area contributed by atoms with Crippen molar-refractivity contribution in [3.8, 4) is 0 Å². The van der Waals surface area contributed by atoms with Gasteiger partial charge in [-0.25, -0.2) is 0 Å². The number of aromatic amines is 1. The van der Waals surface area contributed by atoms with Gasteiger partial charge in [0.25, 0.3) is 0 Å². The van der Waals surface area contributed by atoms with Crippen molar-refractivity contribution in [2.45, 2.75) is 26.4 Å². The van der Waals surface area contributed by atoms with Crippen LogP contribution in [-0.2, 0) is 11.3 Å². The third kappa shape index (κ3) is 3.57. The van der Waals surface area contributed by atoms with Crippen LogP contribution in [0, 0.1) is 13.8 Å². The fourth-order valence-electron chi connectivity index (χ4n) is 2.95. The molecular formula is C16H24N4OS. The molecule has 1 saturated heterocycles. The lowest BCUT2D eigenvalue weighted by atomic mass is 10.1. The Morgan fingerprint density at radius 2 is 2.23 bits per heavy atom. The van der Waals surface area contributed by atoms with Crippen LogP contribution < -0.4 is 5.32 Å². The van der Waals surface area contributed by atoms with Gasteiger partial charge in [-0.1, -0.05) is 6.07 Å². The summed E-state index contributed by atoms with van der Waals surface area (Å²) < 4.78 is 5.49. The molecule has 6 heteroatoms. The third-order valence-corrected chi connectivity index (χ3v) is 5.25. The topological polar surface area (TPSA) is 53.2 Å². The quantitative estimate of drug-likeness (QED) is 0.857. The average Bonchev–Trinajstić information content (AvgIpc) is 3.17. The molecule has 0 aliphatic carbocycles. The van der Waals surface area contributed by atoms with E-state index in [1.807, 2.05) is 11.3 Å². The van der Waals surface area contributed by atoms with Gasteiger partial charge in [-0.3, -0.25) is 10.00 Å². The van der Waals surface area contributed by atoms with E-state index in [0.29, 0.717) is 6.04 Å². The maximum atomic E-state index is 5.49. The Kier molecular flexibility index (Phi) is 5.25. The summed E-state index contributed by atoms with van der Waals surface area (Å²) in [6.45, 7) is 9.63. The monoisotopic (exact) mass is 320 g/mol. The van der Waals surface area contributed by atoms with E-state index in [0.717, 1.165) is 50.8 Å². The zero-order chi connectivity index (χ0) is 15.4. The average molecular weight is 320 g/mol. The highest BCUT2D eigenvalue weighted by Crippen LogP contribution is 2.25. The first-order valence-corrected chi connectivity index (χ1v) is 8.70. The molecule has 5 nitrogen and oxygen atoms in total. The first kappa shape index (κ1) is 15.7. The lowest BCUT2D eigenvalue weighted by Crippen LogP contribution is -2.42. The van der Waals surface area contributed by atoms with E-state index in [4.69, 9.17) is 4.74 Å². The Bertz CT molecular complexity index is 555. The van der Waals surface area contributed by atoms with Crippen LogP contribution in [0.3, 0.4) is 0 Å². The van der Waals surface area contributed by atoms with Crippen LogP contribution in [0.25, 0.3) is 0 Å². The molecule has 3 rings (SSSR count). The molecule has 1 fully saturated rings. The Morgan fingerprint density at radius 1 is 1.41 bits per heavy atom. The Labute approximate surface area is 135 Å². The predicted molar refractivity (Wildman–Crippen MR) is 89.2 cm³/mol. The second kappa shape index (κ2) is 7.37. The zero-order valence-electron chi connectivity index (χ0n) is 13.3. The summed E-state index contributed by atoms with van der Waals surface area (Å²) in [6, 6.07) is 4.80. The molecule has 0 unspecified atom stereocenters. The number of ether oxygens (including phenoxy) is 1. The van der Waals surface area contributed by atoms with Crippen LogP contribution in [0.5, 0.6) is 0 Å². The van der Waals surface area contributed by atoms with Crippen LogP contribution in [0.1, 0.15) is 27.9 Å². The van der Waals surface area contributed by atoms with Gasteiger partial charge in [0, 0.05) is 42.3 Å². The van der Waals surface area contributed by atoms with E-state index >= 15 is 0 Å². The maximum Gasteiger partial charge on any atom is 0.0638 e. The minimum absolute atomic E-state index is 0.427. The van der Waals surface area contributed by atoms with Gasteiger partial charge < -0.3 is 10.1 Å². The first-order chi connectivity index (χ1) is 10.8. The van der Waals surface area contributed by atoms with Crippen molar-refractivity contribution in [1.82, 2.24) is 20.4 Å². The van der Waals surface area contributed by atoms with Crippen LogP contribution >= 0.6 is 11.3 Å². The van der Waals surface area contributed by atoms with Gasteiger partial charge in [-0.2, -0.15) is 5.10 Å². The maximum absolute atomic E-state index is 5.49. The van der Waals surface area contributed by atoms with Crippen LogP contribution in [-0.4, -0.2) is 47.9 Å². The molecule has 2 aromatic rings. The normalized spacial score (nSPS) is 17.7. The second-order valence-corrected chi connectivity index (χ2v) is 6.70. The van der Waals surface area contributed by atoms with Crippen molar-refractivity contribution in [3.63, 3.8) is 0 Å². The number of thiophene rings is 1. The van der Waals surface area contributed by atoms with Crippen molar-refractivity contribution in [2.75, 3.05) is 32.8 Å². The van der Waals surface area contributed by atoms with Crippen molar-refractivity contribution in [2.24, 2.45) is 0 Å². The van der Waals surface area contributed by atoms with Crippen LogP contribution in [0.4, 0.5) is 0 Å². The number of aryl methyl sites for hydroxylation is 2. The largest absolute Gasteiger partial charge is 0.379 e. The van der Waals surface area contributed by atoms with E-state index in [1.165, 1.54) is 10.4 Å². The highest BCUT2D eigenvalue weighted by atomic mass is 32.1. The molecule has 22 heavy (non-hydrogen) atoms. The van der Waals surface area contributed by atoms with Gasteiger partial charge in [0.2, 0.25) is 0 Å². The number of aromatic nitrogens is 2. The molecular weight excluding hydrogens is 296 g/mol. The van der Waals surface area contributed by atoms with Crippen LogP contribution in [0.15, 0.2) is 17.5 Å². The number of nitrogens with zero attached hydrogens (tertiary/aromatic N) is 2. The molecule has 0 saturated carbocycles. The molecule has 3 heterocycles. The zero-order valence-corrected chi connectivity index (χ0v) is 14.1. The van der Waals surface area contributed by atoms with E-state index in [2.05, 4.69) is 51.8 Å². The molecule has 2 N–H and O–H groups in total. The molecule has 0 spiro atoms. The van der Waals surface area contributed by atoms with Gasteiger partial charge >= 0.3 is 0 Å². The number of hydrogen-bond donors (Lipinski definition) is 2. The van der Waals surface area contributed by atoms with Crippen LogP contribution in [0.2, 0.25) is 0 Å². The SMILES string of the molecule is Cc1n[nH]c(C)c1CNC[C@@H](c1cccs1)N1CCOCC1. The highest BCUT2D eigenvalue weighted by Gasteiger charge is 2.23. The highest BCUT2D eigenvalue weighted by molar-refractivity contribution is 7.10. The lowest BCUT2D eigenvalue weighted by molar-refractivity contribution is 0.0168. The van der Waals surface area contributed by atoms with E-state index < -0.39 is 0 Å². The van der Waals surface area contributed by atoms with E-state index in [9.17, 15) is 0 Å². The number of nitrogens with one attached hydrogen (secondary N) is 2. The van der Waals surface area contributed by atoms with Crippen molar-refractivity contribution in [1.29, 1.82) is 0 Å². The van der Waals surface area contributed by atoms with E-state index in [1.54, 1.807) is 0 Å². The summed E-state index contributed by atoms with van der Waals surface area (Å²) in [5.41, 5.74) is 3.53. The molecule has 0 aromatic carbocycles. The van der Waals surface area contributed by atoms with E-state index in [-0.39, 0.29) is 0 Å². The number of hydrogen-bond acceptors (Lipinski definition) is 5. The number of morpholine rings is 1. The number of H-pyrrole nitrogens is 1. The minimum atomic E-state index is 0.427. The second-order valence-electron chi connectivity index (χ2n) is 5.72. The fourth-order valence-corrected chi connectivity index (χ4v) is 3.81. The van der Waals surface area contributed by atoms with Gasteiger partial charge in [0.1, 0.15) is 0 Å². The Morgan fingerprint density at radius 3 is 2.86 bits per heavy atom. The van der Waals surface area contributed by atoms with Crippen molar-refractivity contribution >= 4 is 11.3 Å². The fraction of sp³-hybridized carbons (Fsp3) is 0.562. The molecule has 0 radical (unpaired) electrons. The Hall–Kier alpha value is -1.21. The Balaban J connectivity index is 1.63. The molecule has 2 aromatic heterocycles. The van der Waals surface area contributed by atoms with Crippen molar-refractivity contribution < 1.29 is 4.74 Å². The molecule has 1 atom stereocenters. The van der Waals surface area contributed by atoms with Gasteiger partial charge in [-0.05, 0) is 25.3 Å². The lowest BCUT2D eigenvalue weighted by Gasteiger charge is -2.34.